The molecule has 0 N–H and O–H groups in total. The molecule has 0 fully saturated rings. The first-order valence-corrected chi connectivity index (χ1v) is 9.25. The van der Waals surface area contributed by atoms with Crippen molar-refractivity contribution in [2.24, 2.45) is 5.41 Å². The molecule has 0 radical (unpaired) electrons. The average Bonchev–Trinajstić information content (AvgIpc) is 2.74. The highest BCUT2D eigenvalue weighted by atomic mass is 16.5. The summed E-state index contributed by atoms with van der Waals surface area (Å²) in [5.41, 5.74) is 2.62. The van der Waals surface area contributed by atoms with Crippen LogP contribution in [0.5, 0.6) is 5.75 Å². The summed E-state index contributed by atoms with van der Waals surface area (Å²) in [4.78, 5) is 13.1. The van der Waals surface area contributed by atoms with Gasteiger partial charge < -0.3 is 9.47 Å². The van der Waals surface area contributed by atoms with Crippen molar-refractivity contribution in [3.8, 4) is 5.75 Å². The van der Waals surface area contributed by atoms with Gasteiger partial charge in [0.1, 0.15) is 22.7 Å². The number of para-hydroxylation sites is 1. The highest BCUT2D eigenvalue weighted by molar-refractivity contribution is 6.09. The van der Waals surface area contributed by atoms with E-state index < -0.39 is 5.41 Å². The van der Waals surface area contributed by atoms with Crippen molar-refractivity contribution >= 4 is 23.1 Å². The predicted molar refractivity (Wildman–Crippen MR) is 109 cm³/mol. The molecule has 2 heterocycles. The summed E-state index contributed by atoms with van der Waals surface area (Å²) in [5.74, 6) is 1.61. The number of carbonyl (C=O) groups is 1. The van der Waals surface area contributed by atoms with E-state index in [0.717, 1.165) is 22.3 Å². The molecule has 136 valence electrons. The quantitative estimate of drug-likeness (QED) is 0.440. The fraction of sp³-hybridized carbons (Fsp3) is 0.0800. The second-order valence-electron chi connectivity index (χ2n) is 7.13. The first kappa shape index (κ1) is 16.6. The minimum atomic E-state index is -0.942. The van der Waals surface area contributed by atoms with Gasteiger partial charge in [0.2, 0.25) is 0 Å². The second kappa shape index (κ2) is 6.24. The maximum Gasteiger partial charge on any atom is 0.325 e. The molecule has 0 amide bonds. The molecule has 3 nitrogen and oxygen atoms in total. The van der Waals surface area contributed by atoms with Crippen molar-refractivity contribution in [1.82, 2.24) is 0 Å². The standard InChI is InChI=1S/C25H18O3/c1-25-16-21(17-10-4-2-5-11-17)27-23(18-12-6-3-7-13-18)22(25)19-14-8-9-15-20(19)28-24(25)26/h2-16H,1H3. The lowest BCUT2D eigenvalue weighted by atomic mass is 9.73. The molecule has 28 heavy (non-hydrogen) atoms. The smallest absolute Gasteiger partial charge is 0.325 e. The Morgan fingerprint density at radius 2 is 1.32 bits per heavy atom. The van der Waals surface area contributed by atoms with E-state index in [0.29, 0.717) is 17.3 Å². The lowest BCUT2D eigenvalue weighted by Gasteiger charge is -2.38. The highest BCUT2D eigenvalue weighted by Gasteiger charge is 2.48. The van der Waals surface area contributed by atoms with Gasteiger partial charge in [0.05, 0.1) is 0 Å². The maximum absolute atomic E-state index is 13.1. The zero-order chi connectivity index (χ0) is 19.1. The molecule has 0 spiro atoms. The molecule has 0 bridgehead atoms. The molecule has 3 aromatic rings. The van der Waals surface area contributed by atoms with Crippen molar-refractivity contribution in [2.75, 3.05) is 0 Å². The third-order valence-corrected chi connectivity index (χ3v) is 5.26. The minimum Gasteiger partial charge on any atom is -0.456 e. The van der Waals surface area contributed by atoms with Crippen LogP contribution in [0.15, 0.2) is 91.0 Å². The highest BCUT2D eigenvalue weighted by Crippen LogP contribution is 2.53. The van der Waals surface area contributed by atoms with Crippen LogP contribution in [0.1, 0.15) is 23.6 Å². The number of ether oxygens (including phenoxy) is 2. The molecule has 0 aromatic heterocycles. The fourth-order valence-corrected chi connectivity index (χ4v) is 3.83. The van der Waals surface area contributed by atoms with E-state index in [2.05, 4.69) is 0 Å². The maximum atomic E-state index is 13.1. The van der Waals surface area contributed by atoms with Crippen LogP contribution in [0.2, 0.25) is 0 Å². The zero-order valence-electron chi connectivity index (χ0n) is 15.4. The lowest BCUT2D eigenvalue weighted by molar-refractivity contribution is -0.140. The van der Waals surface area contributed by atoms with Crippen LogP contribution >= 0.6 is 0 Å². The Morgan fingerprint density at radius 1 is 0.714 bits per heavy atom. The molecule has 0 aliphatic carbocycles. The van der Waals surface area contributed by atoms with E-state index in [4.69, 9.17) is 9.47 Å². The van der Waals surface area contributed by atoms with Crippen molar-refractivity contribution in [3.63, 3.8) is 0 Å². The number of fused-ring (bicyclic) bond motifs is 3. The summed E-state index contributed by atoms with van der Waals surface area (Å²) in [6.45, 7) is 1.90. The molecule has 5 rings (SSSR count). The van der Waals surface area contributed by atoms with Crippen LogP contribution < -0.4 is 4.74 Å². The number of hydrogen-bond acceptors (Lipinski definition) is 3. The van der Waals surface area contributed by atoms with Gasteiger partial charge in [0.15, 0.2) is 0 Å². The van der Waals surface area contributed by atoms with Gasteiger partial charge in [0, 0.05) is 22.3 Å². The molecule has 1 unspecified atom stereocenters. The molecule has 0 saturated carbocycles. The summed E-state index contributed by atoms with van der Waals surface area (Å²) in [5, 5.41) is 0. The van der Waals surface area contributed by atoms with E-state index in [9.17, 15) is 4.79 Å². The SMILES string of the molecule is CC12C=C(c3ccccc3)OC(c3ccccc3)=C1c1ccccc1OC2=O. The van der Waals surface area contributed by atoms with Crippen LogP contribution in [-0.2, 0) is 9.53 Å². The molecule has 1 atom stereocenters. The third kappa shape index (κ3) is 2.48. The summed E-state index contributed by atoms with van der Waals surface area (Å²) in [6, 6.07) is 27.3. The minimum absolute atomic E-state index is 0.300. The predicted octanol–water partition coefficient (Wildman–Crippen LogP) is 5.55. The Bertz CT molecular complexity index is 1130. The topological polar surface area (TPSA) is 35.5 Å². The molecule has 3 aromatic carbocycles. The number of benzene rings is 3. The van der Waals surface area contributed by atoms with E-state index >= 15 is 0 Å². The molecule has 2 aliphatic rings. The second-order valence-corrected chi connectivity index (χ2v) is 7.13. The van der Waals surface area contributed by atoms with Crippen LogP contribution in [0.3, 0.4) is 0 Å². The van der Waals surface area contributed by atoms with Crippen molar-refractivity contribution in [3.05, 3.63) is 108 Å². The van der Waals surface area contributed by atoms with Crippen molar-refractivity contribution < 1.29 is 14.3 Å². The van der Waals surface area contributed by atoms with E-state index in [1.54, 1.807) is 0 Å². The Balaban J connectivity index is 1.80. The van der Waals surface area contributed by atoms with Gasteiger partial charge in [-0.05, 0) is 19.1 Å². The Labute approximate surface area is 163 Å². The summed E-state index contributed by atoms with van der Waals surface area (Å²) >= 11 is 0. The Morgan fingerprint density at radius 3 is 2.04 bits per heavy atom. The molecule has 2 aliphatic heterocycles. The van der Waals surface area contributed by atoms with Gasteiger partial charge in [0.25, 0.3) is 0 Å². The third-order valence-electron chi connectivity index (χ3n) is 5.26. The first-order valence-electron chi connectivity index (χ1n) is 9.25. The summed E-state index contributed by atoms with van der Waals surface area (Å²) in [6.07, 6.45) is 1.88. The van der Waals surface area contributed by atoms with E-state index in [1.165, 1.54) is 0 Å². The van der Waals surface area contributed by atoms with Gasteiger partial charge in [-0.3, -0.25) is 4.79 Å². The van der Waals surface area contributed by atoms with Crippen molar-refractivity contribution in [1.29, 1.82) is 0 Å². The van der Waals surface area contributed by atoms with Crippen LogP contribution in [-0.4, -0.2) is 5.97 Å². The van der Waals surface area contributed by atoms with Gasteiger partial charge in [-0.2, -0.15) is 0 Å². The van der Waals surface area contributed by atoms with Gasteiger partial charge in [-0.25, -0.2) is 0 Å². The van der Waals surface area contributed by atoms with Crippen molar-refractivity contribution in [2.45, 2.75) is 6.92 Å². The van der Waals surface area contributed by atoms with E-state index in [-0.39, 0.29) is 5.97 Å². The molecular formula is C25H18O3. The average molecular weight is 366 g/mol. The Hall–Kier alpha value is -3.59. The van der Waals surface area contributed by atoms with E-state index in [1.807, 2.05) is 97.9 Å². The normalized spacial score (nSPS) is 20.5. The fourth-order valence-electron chi connectivity index (χ4n) is 3.83. The van der Waals surface area contributed by atoms with Gasteiger partial charge in [-0.15, -0.1) is 0 Å². The number of hydrogen-bond donors (Lipinski definition) is 0. The van der Waals surface area contributed by atoms with Crippen LogP contribution in [0, 0.1) is 5.41 Å². The number of rotatable bonds is 2. The van der Waals surface area contributed by atoms with Crippen LogP contribution in [0.25, 0.3) is 17.1 Å². The first-order chi connectivity index (χ1) is 13.7. The molecule has 3 heteroatoms. The molecule has 0 saturated heterocycles. The largest absolute Gasteiger partial charge is 0.456 e. The molecular weight excluding hydrogens is 348 g/mol. The van der Waals surface area contributed by atoms with Gasteiger partial charge in [-0.1, -0.05) is 78.9 Å². The Kier molecular flexibility index (Phi) is 3.69. The number of esters is 1. The number of carbonyl (C=O) groups excluding carboxylic acids is 1. The van der Waals surface area contributed by atoms with Crippen LogP contribution in [0.4, 0.5) is 0 Å². The lowest BCUT2D eigenvalue weighted by Crippen LogP contribution is -2.38. The zero-order valence-corrected chi connectivity index (χ0v) is 15.4. The van der Waals surface area contributed by atoms with Gasteiger partial charge >= 0.3 is 5.97 Å². The monoisotopic (exact) mass is 366 g/mol. The summed E-state index contributed by atoms with van der Waals surface area (Å²) in [7, 11) is 0. The summed E-state index contributed by atoms with van der Waals surface area (Å²) < 4.78 is 12.1.